The van der Waals surface area contributed by atoms with Crippen LogP contribution in [0.2, 0.25) is 0 Å². The van der Waals surface area contributed by atoms with E-state index in [0.29, 0.717) is 17.9 Å². The van der Waals surface area contributed by atoms with Crippen molar-refractivity contribution in [1.82, 2.24) is 5.48 Å². The molecule has 1 aliphatic carbocycles. The summed E-state index contributed by atoms with van der Waals surface area (Å²) in [5.41, 5.74) is 3.27. The average molecular weight is 261 g/mol. The molecule has 0 radical (unpaired) electrons. The Morgan fingerprint density at radius 1 is 1.17 bits per heavy atom. The lowest BCUT2D eigenvalue weighted by atomic mass is 9.71. The fourth-order valence-corrected chi connectivity index (χ4v) is 2.33. The summed E-state index contributed by atoms with van der Waals surface area (Å²) < 4.78 is 12.9. The molecule has 1 N–H and O–H groups in total. The van der Waals surface area contributed by atoms with E-state index in [9.17, 15) is 4.39 Å². The standard InChI is InChI=1S/C13H26FNO.C2H6/c1-5-12(14)16-15-11-8-6-10(7-9-11)13(2,3)4;1-2/h10-12,15H,5-9H2,1-4H3;1-2H3. The van der Waals surface area contributed by atoms with E-state index in [1.165, 1.54) is 12.8 Å². The Balaban J connectivity index is 0.00000137. The number of halogens is 1. The van der Waals surface area contributed by atoms with Crippen molar-refractivity contribution in [3.63, 3.8) is 0 Å². The molecule has 1 saturated carbocycles. The summed E-state index contributed by atoms with van der Waals surface area (Å²) >= 11 is 0. The summed E-state index contributed by atoms with van der Waals surface area (Å²) in [6.07, 6.45) is 3.86. The Labute approximate surface area is 113 Å². The van der Waals surface area contributed by atoms with Gasteiger partial charge in [0.25, 0.3) is 0 Å². The Kier molecular flexibility index (Phi) is 8.79. The first kappa shape index (κ1) is 17.8. The minimum Gasteiger partial charge on any atom is -0.264 e. The molecule has 1 atom stereocenters. The van der Waals surface area contributed by atoms with Crippen LogP contribution in [0, 0.1) is 11.3 Å². The Morgan fingerprint density at radius 3 is 2.06 bits per heavy atom. The minimum atomic E-state index is -1.17. The van der Waals surface area contributed by atoms with Crippen molar-refractivity contribution in [2.75, 3.05) is 0 Å². The van der Waals surface area contributed by atoms with Gasteiger partial charge in [-0.3, -0.25) is 4.84 Å². The summed E-state index contributed by atoms with van der Waals surface area (Å²) in [4.78, 5) is 4.93. The zero-order valence-electron chi connectivity index (χ0n) is 13.1. The van der Waals surface area contributed by atoms with Gasteiger partial charge in [0.2, 0.25) is 6.36 Å². The molecule has 3 heteroatoms. The molecule has 1 aliphatic rings. The first-order chi connectivity index (χ1) is 8.43. The second kappa shape index (κ2) is 8.87. The molecule has 1 rings (SSSR count). The van der Waals surface area contributed by atoms with E-state index in [2.05, 4.69) is 26.3 Å². The van der Waals surface area contributed by atoms with Crippen molar-refractivity contribution in [2.45, 2.75) is 86.0 Å². The second-order valence-corrected chi connectivity index (χ2v) is 5.97. The van der Waals surface area contributed by atoms with E-state index >= 15 is 0 Å². The first-order valence-corrected chi connectivity index (χ1v) is 7.48. The monoisotopic (exact) mass is 261 g/mol. The van der Waals surface area contributed by atoms with E-state index in [1.807, 2.05) is 13.8 Å². The van der Waals surface area contributed by atoms with E-state index in [-0.39, 0.29) is 0 Å². The third-order valence-electron chi connectivity index (χ3n) is 3.64. The number of rotatable bonds is 4. The van der Waals surface area contributed by atoms with Crippen LogP contribution in [-0.4, -0.2) is 12.4 Å². The van der Waals surface area contributed by atoms with Gasteiger partial charge < -0.3 is 0 Å². The van der Waals surface area contributed by atoms with Crippen molar-refractivity contribution in [3.8, 4) is 0 Å². The summed E-state index contributed by atoms with van der Waals surface area (Å²) in [5.74, 6) is 0.790. The first-order valence-electron chi connectivity index (χ1n) is 7.48. The van der Waals surface area contributed by atoms with Gasteiger partial charge in [0.1, 0.15) is 0 Å². The van der Waals surface area contributed by atoms with Crippen LogP contribution in [-0.2, 0) is 4.84 Å². The number of alkyl halides is 1. The van der Waals surface area contributed by atoms with E-state index < -0.39 is 6.36 Å². The summed E-state index contributed by atoms with van der Waals surface area (Å²) in [6.45, 7) is 12.7. The number of nitrogens with one attached hydrogen (secondary N) is 1. The van der Waals surface area contributed by atoms with Crippen molar-refractivity contribution in [1.29, 1.82) is 0 Å². The SMILES string of the molecule is CC.CCC(F)ONC1CCC(C(C)(C)C)CC1. The predicted octanol–water partition coefficient (Wildman–Crippen LogP) is 4.84. The van der Waals surface area contributed by atoms with Gasteiger partial charge in [-0.05, 0) is 37.0 Å². The van der Waals surface area contributed by atoms with Crippen molar-refractivity contribution < 1.29 is 9.23 Å². The fraction of sp³-hybridized carbons (Fsp3) is 1.00. The number of hydrogen-bond acceptors (Lipinski definition) is 2. The lowest BCUT2D eigenvalue weighted by molar-refractivity contribution is -0.117. The lowest BCUT2D eigenvalue weighted by Gasteiger charge is -2.37. The summed E-state index contributed by atoms with van der Waals surface area (Å²) in [6, 6.07) is 0.336. The van der Waals surface area contributed by atoms with Crippen LogP contribution < -0.4 is 5.48 Å². The van der Waals surface area contributed by atoms with Gasteiger partial charge in [0.05, 0.1) is 0 Å². The van der Waals surface area contributed by atoms with Crippen LogP contribution in [0.3, 0.4) is 0 Å². The highest BCUT2D eigenvalue weighted by atomic mass is 19.1. The zero-order valence-corrected chi connectivity index (χ0v) is 13.1. The largest absolute Gasteiger partial charge is 0.264 e. The molecule has 0 aliphatic heterocycles. The van der Waals surface area contributed by atoms with E-state index in [4.69, 9.17) is 4.84 Å². The Hall–Kier alpha value is -0.150. The highest BCUT2D eigenvalue weighted by Gasteiger charge is 2.29. The van der Waals surface area contributed by atoms with Crippen molar-refractivity contribution in [3.05, 3.63) is 0 Å². The van der Waals surface area contributed by atoms with Crippen molar-refractivity contribution in [2.24, 2.45) is 11.3 Å². The van der Waals surface area contributed by atoms with Crippen molar-refractivity contribution >= 4 is 0 Å². The maximum absolute atomic E-state index is 12.9. The van der Waals surface area contributed by atoms with Gasteiger partial charge in [-0.15, -0.1) is 0 Å². The molecule has 0 aromatic heterocycles. The molecule has 0 aromatic rings. The predicted molar refractivity (Wildman–Crippen MR) is 76.0 cm³/mol. The van der Waals surface area contributed by atoms with Crippen LogP contribution in [0.15, 0.2) is 0 Å². The minimum absolute atomic E-state index is 0.336. The number of hydrogen-bond donors (Lipinski definition) is 1. The average Bonchev–Trinajstić information content (AvgIpc) is 2.37. The van der Waals surface area contributed by atoms with Crippen LogP contribution in [0.1, 0.15) is 73.6 Å². The molecular weight excluding hydrogens is 229 g/mol. The highest BCUT2D eigenvalue weighted by molar-refractivity contribution is 4.82. The molecule has 18 heavy (non-hydrogen) atoms. The van der Waals surface area contributed by atoms with Crippen LogP contribution in [0.25, 0.3) is 0 Å². The zero-order chi connectivity index (χ0) is 14.2. The molecule has 0 spiro atoms. The molecule has 0 saturated heterocycles. The second-order valence-electron chi connectivity index (χ2n) is 5.97. The molecule has 0 bridgehead atoms. The van der Waals surface area contributed by atoms with Gasteiger partial charge in [-0.2, -0.15) is 5.48 Å². The lowest BCUT2D eigenvalue weighted by Crippen LogP contribution is -2.37. The third kappa shape index (κ3) is 6.69. The van der Waals surface area contributed by atoms with Gasteiger partial charge in [0, 0.05) is 12.5 Å². The quantitative estimate of drug-likeness (QED) is 0.731. The van der Waals surface area contributed by atoms with E-state index in [1.54, 1.807) is 6.92 Å². The number of hydroxylamine groups is 1. The van der Waals surface area contributed by atoms with Gasteiger partial charge in [-0.25, -0.2) is 4.39 Å². The van der Waals surface area contributed by atoms with Crippen LogP contribution >= 0.6 is 0 Å². The normalized spacial score (nSPS) is 26.2. The molecule has 1 unspecified atom stereocenters. The maximum Gasteiger partial charge on any atom is 0.217 e. The molecule has 110 valence electrons. The molecule has 1 fully saturated rings. The topological polar surface area (TPSA) is 21.3 Å². The summed E-state index contributed by atoms with van der Waals surface area (Å²) in [5, 5.41) is 0. The molecule has 0 aromatic carbocycles. The molecule has 2 nitrogen and oxygen atoms in total. The fourth-order valence-electron chi connectivity index (χ4n) is 2.33. The molecule has 0 heterocycles. The van der Waals surface area contributed by atoms with Gasteiger partial charge in [-0.1, -0.05) is 41.5 Å². The maximum atomic E-state index is 12.9. The van der Waals surface area contributed by atoms with E-state index in [0.717, 1.165) is 18.8 Å². The smallest absolute Gasteiger partial charge is 0.217 e. The Bertz CT molecular complexity index is 195. The van der Waals surface area contributed by atoms with Gasteiger partial charge in [0.15, 0.2) is 0 Å². The van der Waals surface area contributed by atoms with Gasteiger partial charge >= 0.3 is 0 Å². The highest BCUT2D eigenvalue weighted by Crippen LogP contribution is 2.37. The molecule has 0 amide bonds. The van der Waals surface area contributed by atoms with Crippen LogP contribution in [0.5, 0.6) is 0 Å². The molecular formula is C15H32FNO. The Morgan fingerprint density at radius 2 is 1.67 bits per heavy atom. The summed E-state index contributed by atoms with van der Waals surface area (Å²) in [7, 11) is 0. The van der Waals surface area contributed by atoms with Crippen LogP contribution in [0.4, 0.5) is 4.39 Å². The third-order valence-corrected chi connectivity index (χ3v) is 3.64.